The second kappa shape index (κ2) is 14.6. The molecule has 11 aromatic rings. The van der Waals surface area contributed by atoms with E-state index in [-0.39, 0.29) is 0 Å². The minimum Gasteiger partial charge on any atom is -0.679 e. The molecule has 298 valence electrons. The minimum atomic E-state index is 0.652. The molecule has 0 saturated heterocycles. The predicted octanol–water partition coefficient (Wildman–Crippen LogP) is 15.8. The van der Waals surface area contributed by atoms with Gasteiger partial charge in [-0.1, -0.05) is 158 Å². The standard InChI is InChI=1S/C60H37N4/c1-3-14-37(15-4-1)54-46-19-7-8-20-47(46)55(38-16-5-2-6-17-38)58-49-30-29-44(45-21-11-22-48(56(45)49)57(54)58)41-34-42(50-24-12-25-53(63-50)52-23-9-10-32-61-52)36-43(35-41)51-31-28-40-27-26-39-18-13-33-62-59(39)60(40)64-51/h1-31,33-36H,32H2/q-1. The van der Waals surface area contributed by atoms with Crippen LogP contribution >= 0.6 is 0 Å². The fourth-order valence-corrected chi connectivity index (χ4v) is 10.2. The smallest absolute Gasteiger partial charge is 0.0972 e. The van der Waals surface area contributed by atoms with Gasteiger partial charge in [0.1, 0.15) is 0 Å². The minimum absolute atomic E-state index is 0.652. The zero-order valence-corrected chi connectivity index (χ0v) is 34.7. The predicted molar refractivity (Wildman–Crippen MR) is 267 cm³/mol. The average molecular weight is 814 g/mol. The second-order valence-electron chi connectivity index (χ2n) is 16.6. The number of benzene rings is 8. The first-order valence-electron chi connectivity index (χ1n) is 21.8. The fraction of sp³-hybridized carbons (Fsp3) is 0.0167. The quantitative estimate of drug-likeness (QED) is 0.157. The Hall–Kier alpha value is -8.47. The molecule has 2 aliphatic rings. The molecule has 0 unspecified atom stereocenters. The Bertz CT molecular complexity index is 3680. The van der Waals surface area contributed by atoms with Gasteiger partial charge in [0, 0.05) is 33.8 Å². The third-order valence-electron chi connectivity index (χ3n) is 13.0. The lowest BCUT2D eigenvalue weighted by molar-refractivity contribution is 1.25. The van der Waals surface area contributed by atoms with Crippen molar-refractivity contribution in [3.8, 4) is 78.1 Å². The van der Waals surface area contributed by atoms with Crippen LogP contribution in [-0.4, -0.2) is 21.5 Å². The highest BCUT2D eigenvalue weighted by Gasteiger charge is 2.31. The van der Waals surface area contributed by atoms with E-state index in [4.69, 9.17) is 20.3 Å². The zero-order chi connectivity index (χ0) is 42.1. The van der Waals surface area contributed by atoms with Gasteiger partial charge in [0.15, 0.2) is 0 Å². The number of hydrogen-bond donors (Lipinski definition) is 0. The van der Waals surface area contributed by atoms with Crippen LogP contribution in [0.4, 0.5) is 0 Å². The molecule has 0 bridgehead atoms. The molecule has 4 heteroatoms. The number of nitrogens with zero attached hydrogens (tertiary/aromatic N) is 4. The summed E-state index contributed by atoms with van der Waals surface area (Å²) < 4.78 is 0. The molecule has 0 radical (unpaired) electrons. The molecule has 0 N–H and O–H groups in total. The monoisotopic (exact) mass is 813 g/mol. The summed E-state index contributed by atoms with van der Waals surface area (Å²) in [6, 6.07) is 68.0. The average Bonchev–Trinajstić information content (AvgIpc) is 3.70. The lowest BCUT2D eigenvalue weighted by Gasteiger charge is -2.25. The normalized spacial score (nSPS) is 12.8. The van der Waals surface area contributed by atoms with Gasteiger partial charge in [-0.15, -0.1) is 18.3 Å². The number of aromatic nitrogens is 3. The summed E-state index contributed by atoms with van der Waals surface area (Å²) in [5.74, 6) is 0. The number of fused-ring (bicyclic) bond motifs is 7. The maximum Gasteiger partial charge on any atom is 0.0972 e. The van der Waals surface area contributed by atoms with Crippen LogP contribution < -0.4 is 0 Å². The molecule has 1 aliphatic heterocycles. The van der Waals surface area contributed by atoms with Crippen LogP contribution in [0.1, 0.15) is 5.69 Å². The zero-order valence-electron chi connectivity index (χ0n) is 34.7. The van der Waals surface area contributed by atoms with Gasteiger partial charge < -0.3 is 5.32 Å². The first-order chi connectivity index (χ1) is 31.7. The third-order valence-corrected chi connectivity index (χ3v) is 13.0. The van der Waals surface area contributed by atoms with Gasteiger partial charge in [-0.25, -0.2) is 9.97 Å². The molecule has 4 nitrogen and oxygen atoms in total. The van der Waals surface area contributed by atoms with Crippen molar-refractivity contribution in [2.24, 2.45) is 0 Å². The third kappa shape index (κ3) is 5.73. The van der Waals surface area contributed by atoms with Gasteiger partial charge in [-0.05, 0) is 120 Å². The van der Waals surface area contributed by atoms with E-state index < -0.39 is 0 Å². The molecule has 0 amide bonds. The van der Waals surface area contributed by atoms with Crippen LogP contribution in [0.15, 0.2) is 212 Å². The highest BCUT2D eigenvalue weighted by Crippen LogP contribution is 2.58. The topological polar surface area (TPSA) is 52.8 Å². The molecule has 13 rings (SSSR count). The van der Waals surface area contributed by atoms with Crippen LogP contribution in [0.3, 0.4) is 0 Å². The first kappa shape index (κ1) is 36.2. The van der Waals surface area contributed by atoms with Crippen molar-refractivity contribution >= 4 is 49.0 Å². The van der Waals surface area contributed by atoms with E-state index in [1.165, 1.54) is 66.1 Å². The molecule has 1 aliphatic carbocycles. The Morgan fingerprint density at radius 3 is 1.70 bits per heavy atom. The van der Waals surface area contributed by atoms with E-state index in [1.54, 1.807) is 0 Å². The van der Waals surface area contributed by atoms with E-state index >= 15 is 0 Å². The van der Waals surface area contributed by atoms with Crippen molar-refractivity contribution < 1.29 is 0 Å². The Morgan fingerprint density at radius 2 is 0.984 bits per heavy atom. The molecule has 0 atom stereocenters. The molecule has 0 spiro atoms. The molecule has 3 aromatic heterocycles. The van der Waals surface area contributed by atoms with E-state index in [0.29, 0.717) is 6.54 Å². The number of allylic oxidation sites excluding steroid dienone is 2. The maximum absolute atomic E-state index is 5.35. The van der Waals surface area contributed by atoms with Gasteiger partial charge in [0.25, 0.3) is 0 Å². The Labute approximate surface area is 370 Å². The molecular weight excluding hydrogens is 777 g/mol. The molecule has 4 heterocycles. The number of pyridine rings is 3. The SMILES string of the molecule is C1=CC[N-]C(c2cccc(-c3cc(-c4ccc5ccc6cccnc6c5n4)cc(-c4ccc5c6c(cccc46)-c4c-5c(-c5ccccc5)c5ccccc5c4-c4ccccc4)c3)n2)=C1. The summed E-state index contributed by atoms with van der Waals surface area (Å²) in [6.07, 6.45) is 8.00. The second-order valence-corrected chi connectivity index (χ2v) is 16.6. The van der Waals surface area contributed by atoms with Crippen LogP contribution in [-0.2, 0) is 0 Å². The summed E-state index contributed by atoms with van der Waals surface area (Å²) in [5, 5.41) is 11.9. The summed E-state index contributed by atoms with van der Waals surface area (Å²) in [4.78, 5) is 15.4. The molecule has 0 saturated carbocycles. The van der Waals surface area contributed by atoms with Gasteiger partial charge in [0.05, 0.1) is 22.4 Å². The summed E-state index contributed by atoms with van der Waals surface area (Å²) in [7, 11) is 0. The van der Waals surface area contributed by atoms with E-state index in [9.17, 15) is 0 Å². The maximum atomic E-state index is 5.35. The molecular formula is C60H37N4-. The number of rotatable bonds is 6. The largest absolute Gasteiger partial charge is 0.679 e. The van der Waals surface area contributed by atoms with Crippen molar-refractivity contribution in [2.45, 2.75) is 0 Å². The highest BCUT2D eigenvalue weighted by atomic mass is 14.9. The van der Waals surface area contributed by atoms with Crippen LogP contribution in [0.2, 0.25) is 0 Å². The van der Waals surface area contributed by atoms with Gasteiger partial charge in [-0.2, -0.15) is 0 Å². The van der Waals surface area contributed by atoms with Crippen molar-refractivity contribution in [3.05, 3.63) is 223 Å². The Morgan fingerprint density at radius 1 is 0.391 bits per heavy atom. The molecule has 8 aromatic carbocycles. The van der Waals surface area contributed by atoms with Crippen molar-refractivity contribution in [1.29, 1.82) is 0 Å². The summed E-state index contributed by atoms with van der Waals surface area (Å²) in [6.45, 7) is 0.652. The molecule has 0 fully saturated rings. The fourth-order valence-electron chi connectivity index (χ4n) is 10.2. The van der Waals surface area contributed by atoms with E-state index in [2.05, 4.69) is 188 Å². The lowest BCUT2D eigenvalue weighted by Crippen LogP contribution is -1.96. The van der Waals surface area contributed by atoms with Gasteiger partial charge in [-0.3, -0.25) is 4.98 Å². The van der Waals surface area contributed by atoms with Crippen molar-refractivity contribution in [1.82, 2.24) is 15.0 Å². The van der Waals surface area contributed by atoms with Crippen LogP contribution in [0.25, 0.3) is 133 Å². The first-order valence-corrected chi connectivity index (χ1v) is 21.8. The van der Waals surface area contributed by atoms with Crippen LogP contribution in [0.5, 0.6) is 0 Å². The van der Waals surface area contributed by atoms with E-state index in [0.717, 1.165) is 66.8 Å². The Balaban J connectivity index is 1.07. The summed E-state index contributed by atoms with van der Waals surface area (Å²) >= 11 is 0. The van der Waals surface area contributed by atoms with Gasteiger partial charge in [0.2, 0.25) is 0 Å². The van der Waals surface area contributed by atoms with Gasteiger partial charge >= 0.3 is 0 Å². The van der Waals surface area contributed by atoms with Crippen LogP contribution in [0, 0.1) is 0 Å². The van der Waals surface area contributed by atoms with Crippen molar-refractivity contribution in [2.75, 3.05) is 6.54 Å². The van der Waals surface area contributed by atoms with Crippen molar-refractivity contribution in [3.63, 3.8) is 0 Å². The van der Waals surface area contributed by atoms with E-state index in [1.807, 2.05) is 24.4 Å². The summed E-state index contributed by atoms with van der Waals surface area (Å²) in [5.41, 5.74) is 19.6. The molecule has 64 heavy (non-hydrogen) atoms. The Kier molecular flexibility index (Phi) is 8.25. The number of hydrogen-bond acceptors (Lipinski definition) is 3. The lowest BCUT2D eigenvalue weighted by atomic mass is 9.82. The highest BCUT2D eigenvalue weighted by molar-refractivity contribution is 6.29.